The van der Waals surface area contributed by atoms with Crippen molar-refractivity contribution in [1.29, 1.82) is 10.5 Å². The summed E-state index contributed by atoms with van der Waals surface area (Å²) >= 11 is 1.35. The predicted molar refractivity (Wildman–Crippen MR) is 56.2 cm³/mol. The third-order valence-electron chi connectivity index (χ3n) is 2.25. The van der Waals surface area contributed by atoms with E-state index in [0.717, 1.165) is 0 Å². The molecule has 0 bridgehead atoms. The highest BCUT2D eigenvalue weighted by molar-refractivity contribution is 8.01. The molecule has 1 aromatic rings. The third-order valence-corrected chi connectivity index (χ3v) is 3.40. The predicted octanol–water partition coefficient (Wildman–Crippen LogP) is 1.15. The number of nitriles is 2. The maximum absolute atomic E-state index is 8.98. The van der Waals surface area contributed by atoms with Crippen molar-refractivity contribution in [2.75, 3.05) is 0 Å². The first-order valence-electron chi connectivity index (χ1n) is 4.40. The number of oxime groups is 1. The summed E-state index contributed by atoms with van der Waals surface area (Å²) in [5, 5.41) is 30.5. The summed E-state index contributed by atoms with van der Waals surface area (Å²) < 4.78 is 0.958. The van der Waals surface area contributed by atoms with Gasteiger partial charge in [-0.05, 0) is 13.8 Å². The average Bonchev–Trinajstić information content (AvgIpc) is 2.67. The second kappa shape index (κ2) is 3.26. The molecule has 80 valence electrons. The van der Waals surface area contributed by atoms with Crippen molar-refractivity contribution in [3.8, 4) is 12.1 Å². The lowest BCUT2D eigenvalue weighted by Crippen LogP contribution is -2.28. The monoisotopic (exact) mass is 233 g/mol. The van der Waals surface area contributed by atoms with Gasteiger partial charge in [-0.15, -0.1) is 0 Å². The van der Waals surface area contributed by atoms with Crippen LogP contribution in [0.15, 0.2) is 10.3 Å². The molecule has 0 saturated carbocycles. The Labute approximate surface area is 95.8 Å². The van der Waals surface area contributed by atoms with Crippen molar-refractivity contribution in [2.45, 2.75) is 23.8 Å². The van der Waals surface area contributed by atoms with Crippen molar-refractivity contribution in [1.82, 2.24) is 9.55 Å². The normalized spacial score (nSPS) is 19.1. The molecule has 2 heterocycles. The van der Waals surface area contributed by atoms with Gasteiger partial charge in [-0.25, -0.2) is 4.98 Å². The molecule has 1 aliphatic rings. The van der Waals surface area contributed by atoms with Crippen LogP contribution < -0.4 is 0 Å². The van der Waals surface area contributed by atoms with Gasteiger partial charge in [-0.3, -0.25) is 4.57 Å². The van der Waals surface area contributed by atoms with Gasteiger partial charge >= 0.3 is 0 Å². The Morgan fingerprint density at radius 1 is 1.44 bits per heavy atom. The van der Waals surface area contributed by atoms with Gasteiger partial charge in [0.25, 0.3) is 0 Å². The molecule has 0 aliphatic carbocycles. The van der Waals surface area contributed by atoms with E-state index in [-0.39, 0.29) is 11.4 Å². The van der Waals surface area contributed by atoms with Crippen LogP contribution in [-0.2, 0) is 0 Å². The number of hydrogen-bond acceptors (Lipinski definition) is 6. The molecule has 0 fully saturated rings. The van der Waals surface area contributed by atoms with Gasteiger partial charge in [0.05, 0.1) is 4.75 Å². The largest absolute Gasteiger partial charge is 0.409 e. The number of rotatable bonds is 0. The Morgan fingerprint density at radius 3 is 2.62 bits per heavy atom. The first-order valence-corrected chi connectivity index (χ1v) is 5.21. The molecule has 1 aliphatic heterocycles. The molecule has 0 aromatic carbocycles. The molecule has 6 nitrogen and oxygen atoms in total. The maximum atomic E-state index is 8.98. The summed E-state index contributed by atoms with van der Waals surface area (Å²) in [5.41, 5.74) is 0.171. The molecular weight excluding hydrogens is 226 g/mol. The van der Waals surface area contributed by atoms with Crippen LogP contribution in [0.4, 0.5) is 0 Å². The van der Waals surface area contributed by atoms with E-state index in [9.17, 15) is 0 Å². The highest BCUT2D eigenvalue weighted by Crippen LogP contribution is 2.41. The summed E-state index contributed by atoms with van der Waals surface area (Å²) in [6.45, 7) is 3.71. The SMILES string of the molecule is CC1(C)Sc2nc(C#N)c(C#N)n2C1=NO. The zero-order valence-electron chi connectivity index (χ0n) is 8.59. The van der Waals surface area contributed by atoms with Crippen LogP contribution >= 0.6 is 11.8 Å². The van der Waals surface area contributed by atoms with Gasteiger partial charge < -0.3 is 5.21 Å². The van der Waals surface area contributed by atoms with Gasteiger partial charge in [0.1, 0.15) is 12.1 Å². The Bertz CT molecular complexity index is 572. The van der Waals surface area contributed by atoms with Crippen LogP contribution in [0.3, 0.4) is 0 Å². The van der Waals surface area contributed by atoms with E-state index in [1.807, 2.05) is 26.0 Å². The van der Waals surface area contributed by atoms with E-state index in [0.29, 0.717) is 11.0 Å². The van der Waals surface area contributed by atoms with Crippen LogP contribution in [0.5, 0.6) is 0 Å². The van der Waals surface area contributed by atoms with E-state index >= 15 is 0 Å². The Kier molecular flexibility index (Phi) is 2.14. The van der Waals surface area contributed by atoms with Gasteiger partial charge in [0.15, 0.2) is 22.4 Å². The fraction of sp³-hybridized carbons (Fsp3) is 0.333. The summed E-state index contributed by atoms with van der Waals surface area (Å²) in [4.78, 5) is 4.02. The van der Waals surface area contributed by atoms with Crippen LogP contribution in [0, 0.1) is 22.7 Å². The van der Waals surface area contributed by atoms with Crippen molar-refractivity contribution in [2.24, 2.45) is 5.16 Å². The minimum absolute atomic E-state index is 0.0571. The molecular formula is C9H7N5OS. The first-order chi connectivity index (χ1) is 7.55. The molecule has 0 unspecified atom stereocenters. The van der Waals surface area contributed by atoms with Gasteiger partial charge in [0.2, 0.25) is 0 Å². The zero-order chi connectivity index (χ0) is 11.9. The van der Waals surface area contributed by atoms with Crippen molar-refractivity contribution >= 4 is 17.6 Å². The average molecular weight is 233 g/mol. The molecule has 16 heavy (non-hydrogen) atoms. The number of imidazole rings is 1. The van der Waals surface area contributed by atoms with Crippen LogP contribution in [0.1, 0.15) is 25.2 Å². The highest BCUT2D eigenvalue weighted by Gasteiger charge is 2.41. The fourth-order valence-corrected chi connectivity index (χ4v) is 2.64. The Balaban J connectivity index is 2.74. The molecule has 0 saturated heterocycles. The molecule has 0 radical (unpaired) electrons. The second-order valence-electron chi connectivity index (χ2n) is 3.69. The number of aromatic nitrogens is 2. The lowest BCUT2D eigenvalue weighted by molar-refractivity contribution is 0.314. The Morgan fingerprint density at radius 2 is 2.12 bits per heavy atom. The quantitative estimate of drug-likeness (QED) is 0.535. The zero-order valence-corrected chi connectivity index (χ0v) is 9.41. The number of fused-ring (bicyclic) bond motifs is 1. The number of hydrogen-bond donors (Lipinski definition) is 1. The standard InChI is InChI=1S/C9H7N5OS/c1-9(2)7(13-15)14-6(4-11)5(3-10)12-8(14)16-9/h15H,1-2H3. The van der Waals surface area contributed by atoms with Crippen molar-refractivity contribution < 1.29 is 5.21 Å². The van der Waals surface area contributed by atoms with Crippen LogP contribution in [-0.4, -0.2) is 25.3 Å². The van der Waals surface area contributed by atoms with E-state index in [1.54, 1.807) is 0 Å². The second-order valence-corrected chi connectivity index (χ2v) is 5.28. The molecule has 2 rings (SSSR count). The number of thioether (sulfide) groups is 1. The highest BCUT2D eigenvalue weighted by atomic mass is 32.2. The minimum Gasteiger partial charge on any atom is -0.409 e. The molecule has 0 spiro atoms. The topological polar surface area (TPSA) is 98.0 Å². The summed E-state index contributed by atoms with van der Waals surface area (Å²) in [6.07, 6.45) is 0. The Hall–Kier alpha value is -1.99. The first kappa shape index (κ1) is 10.5. The van der Waals surface area contributed by atoms with E-state index in [4.69, 9.17) is 15.7 Å². The van der Waals surface area contributed by atoms with Gasteiger partial charge in [0, 0.05) is 0 Å². The minimum atomic E-state index is -0.462. The number of nitrogens with zero attached hydrogens (tertiary/aromatic N) is 5. The van der Waals surface area contributed by atoms with Gasteiger partial charge in [-0.1, -0.05) is 16.9 Å². The smallest absolute Gasteiger partial charge is 0.178 e. The van der Waals surface area contributed by atoms with E-state index in [2.05, 4.69) is 10.1 Å². The molecule has 1 N–H and O–H groups in total. The van der Waals surface area contributed by atoms with Gasteiger partial charge in [-0.2, -0.15) is 10.5 Å². The maximum Gasteiger partial charge on any atom is 0.178 e. The molecule has 1 aromatic heterocycles. The molecule has 0 atom stereocenters. The van der Waals surface area contributed by atoms with Crippen molar-refractivity contribution in [3.63, 3.8) is 0 Å². The fourth-order valence-electron chi connectivity index (χ4n) is 1.55. The summed E-state index contributed by atoms with van der Waals surface area (Å²) in [6, 6.07) is 3.75. The third kappa shape index (κ3) is 1.19. The van der Waals surface area contributed by atoms with E-state index in [1.165, 1.54) is 16.3 Å². The molecule has 0 amide bonds. The lowest BCUT2D eigenvalue weighted by Gasteiger charge is -2.15. The summed E-state index contributed by atoms with van der Waals surface area (Å²) in [5.74, 6) is 0.318. The molecule has 7 heteroatoms. The lowest BCUT2D eigenvalue weighted by atomic mass is 10.2. The summed E-state index contributed by atoms with van der Waals surface area (Å²) in [7, 11) is 0. The van der Waals surface area contributed by atoms with Crippen LogP contribution in [0.2, 0.25) is 0 Å². The van der Waals surface area contributed by atoms with E-state index < -0.39 is 4.75 Å². The van der Waals surface area contributed by atoms with Crippen LogP contribution in [0.25, 0.3) is 0 Å². The van der Waals surface area contributed by atoms with Crippen molar-refractivity contribution in [3.05, 3.63) is 11.4 Å².